The van der Waals surface area contributed by atoms with E-state index in [1.54, 1.807) is 0 Å². The molecule has 0 unspecified atom stereocenters. The lowest BCUT2D eigenvalue weighted by atomic mass is 10.1. The average Bonchev–Trinajstić information content (AvgIpc) is 2.14. The molecular formula is C9H16F3N3O. The molecule has 0 aromatic rings. The predicted octanol–water partition coefficient (Wildman–Crippen LogP) is 0.0401. The van der Waals surface area contributed by atoms with Gasteiger partial charge in [-0.3, -0.25) is 4.79 Å². The topological polar surface area (TPSA) is 49.6 Å². The number of amides is 1. The molecule has 0 aromatic carbocycles. The van der Waals surface area contributed by atoms with E-state index in [9.17, 15) is 18.0 Å². The van der Waals surface area contributed by atoms with Gasteiger partial charge in [0.05, 0.1) is 6.04 Å². The van der Waals surface area contributed by atoms with Gasteiger partial charge in [-0.05, 0) is 7.05 Å². The molecule has 0 spiro atoms. The van der Waals surface area contributed by atoms with Gasteiger partial charge in [-0.25, -0.2) is 0 Å². The summed E-state index contributed by atoms with van der Waals surface area (Å²) in [6.45, 7) is 1.61. The molecule has 0 saturated carbocycles. The number of alkyl halides is 3. The smallest absolute Gasteiger partial charge is 0.336 e. The molecule has 1 heterocycles. The van der Waals surface area contributed by atoms with E-state index in [4.69, 9.17) is 5.73 Å². The largest absolute Gasteiger partial charge is 0.397 e. The maximum absolute atomic E-state index is 12.1. The first-order valence-electron chi connectivity index (χ1n) is 5.08. The van der Waals surface area contributed by atoms with Crippen LogP contribution in [0.3, 0.4) is 0 Å². The standard InChI is InChI=1S/C9H16F3N3O/c1-14-2-3-15(7(5-13)6-14)8(16)4-9(10,11)12/h7H,2-6,13H2,1H3/t7-/m0/s1. The minimum atomic E-state index is -4.44. The van der Waals surface area contributed by atoms with Crippen LogP contribution in [0.15, 0.2) is 0 Å². The van der Waals surface area contributed by atoms with Crippen LogP contribution in [0, 0.1) is 0 Å². The van der Waals surface area contributed by atoms with Crippen LogP contribution >= 0.6 is 0 Å². The van der Waals surface area contributed by atoms with Crippen molar-refractivity contribution in [2.75, 3.05) is 33.2 Å². The highest BCUT2D eigenvalue weighted by Crippen LogP contribution is 2.22. The normalized spacial score (nSPS) is 23.6. The number of likely N-dealkylation sites (N-methyl/N-ethyl adjacent to an activating group) is 1. The fraction of sp³-hybridized carbons (Fsp3) is 0.889. The minimum Gasteiger partial charge on any atom is -0.336 e. The number of nitrogens with zero attached hydrogens (tertiary/aromatic N) is 2. The second-order valence-electron chi connectivity index (χ2n) is 4.03. The third kappa shape index (κ3) is 3.64. The van der Waals surface area contributed by atoms with Gasteiger partial charge in [0.25, 0.3) is 0 Å². The molecule has 0 aromatic heterocycles. The zero-order valence-electron chi connectivity index (χ0n) is 9.13. The number of hydrogen-bond donors (Lipinski definition) is 1. The summed E-state index contributed by atoms with van der Waals surface area (Å²) in [6.07, 6.45) is -5.84. The molecule has 0 bridgehead atoms. The van der Waals surface area contributed by atoms with E-state index in [-0.39, 0.29) is 12.6 Å². The van der Waals surface area contributed by atoms with E-state index >= 15 is 0 Å². The van der Waals surface area contributed by atoms with Gasteiger partial charge in [-0.15, -0.1) is 0 Å². The van der Waals surface area contributed by atoms with Gasteiger partial charge >= 0.3 is 6.18 Å². The molecule has 1 saturated heterocycles. The van der Waals surface area contributed by atoms with Crippen LogP contribution in [0.25, 0.3) is 0 Å². The Balaban J connectivity index is 2.60. The van der Waals surface area contributed by atoms with Crippen molar-refractivity contribution in [2.24, 2.45) is 5.73 Å². The van der Waals surface area contributed by atoms with E-state index < -0.39 is 18.5 Å². The van der Waals surface area contributed by atoms with Gasteiger partial charge in [-0.2, -0.15) is 13.2 Å². The van der Waals surface area contributed by atoms with Crippen LogP contribution in [0.5, 0.6) is 0 Å². The maximum atomic E-state index is 12.1. The molecule has 2 N–H and O–H groups in total. The number of hydrogen-bond acceptors (Lipinski definition) is 3. The van der Waals surface area contributed by atoms with Crippen LogP contribution in [0.4, 0.5) is 13.2 Å². The second-order valence-corrected chi connectivity index (χ2v) is 4.03. The molecule has 0 aliphatic carbocycles. The summed E-state index contributed by atoms with van der Waals surface area (Å²) in [5, 5.41) is 0. The van der Waals surface area contributed by atoms with E-state index in [1.165, 1.54) is 4.90 Å². The number of piperazine rings is 1. The molecule has 7 heteroatoms. The fourth-order valence-electron chi connectivity index (χ4n) is 1.81. The van der Waals surface area contributed by atoms with Crippen molar-refractivity contribution in [1.82, 2.24) is 9.80 Å². The number of carbonyl (C=O) groups is 1. The first-order chi connectivity index (χ1) is 7.33. The molecule has 1 fully saturated rings. The Morgan fingerprint density at radius 2 is 2.06 bits per heavy atom. The third-order valence-electron chi connectivity index (χ3n) is 2.63. The summed E-state index contributed by atoms with van der Waals surface area (Å²) in [7, 11) is 1.86. The number of rotatable bonds is 2. The lowest BCUT2D eigenvalue weighted by molar-refractivity contribution is -0.164. The Kier molecular flexibility index (Phi) is 4.15. The zero-order chi connectivity index (χ0) is 12.3. The van der Waals surface area contributed by atoms with Gasteiger partial charge in [0.2, 0.25) is 5.91 Å². The average molecular weight is 239 g/mol. The molecule has 1 rings (SSSR count). The van der Waals surface area contributed by atoms with Crippen LogP contribution in [-0.4, -0.2) is 61.2 Å². The van der Waals surface area contributed by atoms with E-state index in [1.807, 2.05) is 11.9 Å². The Morgan fingerprint density at radius 3 is 2.56 bits per heavy atom. The molecule has 1 amide bonds. The summed E-state index contributed by atoms with van der Waals surface area (Å²) in [5.74, 6) is -0.879. The maximum Gasteiger partial charge on any atom is 0.397 e. The van der Waals surface area contributed by atoms with Gasteiger partial charge in [0, 0.05) is 26.2 Å². The van der Waals surface area contributed by atoms with Crippen LogP contribution in [0.2, 0.25) is 0 Å². The van der Waals surface area contributed by atoms with Crippen LogP contribution in [0.1, 0.15) is 6.42 Å². The number of carbonyl (C=O) groups excluding carboxylic acids is 1. The molecule has 16 heavy (non-hydrogen) atoms. The second kappa shape index (κ2) is 5.01. The number of nitrogens with two attached hydrogens (primary N) is 1. The van der Waals surface area contributed by atoms with E-state index in [0.717, 1.165) is 0 Å². The van der Waals surface area contributed by atoms with Crippen molar-refractivity contribution in [3.8, 4) is 0 Å². The van der Waals surface area contributed by atoms with E-state index in [0.29, 0.717) is 19.6 Å². The lowest BCUT2D eigenvalue weighted by Gasteiger charge is -2.39. The first kappa shape index (κ1) is 13.2. The summed E-state index contributed by atoms with van der Waals surface area (Å²) in [4.78, 5) is 14.6. The molecular weight excluding hydrogens is 223 g/mol. The zero-order valence-corrected chi connectivity index (χ0v) is 9.13. The molecule has 4 nitrogen and oxygen atoms in total. The fourth-order valence-corrected chi connectivity index (χ4v) is 1.81. The van der Waals surface area contributed by atoms with Crippen LogP contribution in [-0.2, 0) is 4.79 Å². The summed E-state index contributed by atoms with van der Waals surface area (Å²) < 4.78 is 36.2. The van der Waals surface area contributed by atoms with Crippen molar-refractivity contribution in [3.05, 3.63) is 0 Å². The minimum absolute atomic E-state index is 0.188. The van der Waals surface area contributed by atoms with Crippen molar-refractivity contribution < 1.29 is 18.0 Å². The van der Waals surface area contributed by atoms with Crippen molar-refractivity contribution in [1.29, 1.82) is 0 Å². The predicted molar refractivity (Wildman–Crippen MR) is 52.7 cm³/mol. The van der Waals surface area contributed by atoms with Gasteiger partial charge in [0.15, 0.2) is 0 Å². The van der Waals surface area contributed by atoms with Crippen LogP contribution < -0.4 is 5.73 Å². The first-order valence-corrected chi connectivity index (χ1v) is 5.08. The Hall–Kier alpha value is -0.820. The molecule has 1 aliphatic heterocycles. The molecule has 94 valence electrons. The Labute approximate surface area is 92.2 Å². The quantitative estimate of drug-likeness (QED) is 0.740. The SMILES string of the molecule is CN1CCN(C(=O)CC(F)(F)F)[C@@H](CN)C1. The van der Waals surface area contributed by atoms with Gasteiger partial charge in [-0.1, -0.05) is 0 Å². The molecule has 0 radical (unpaired) electrons. The van der Waals surface area contributed by atoms with Gasteiger partial charge in [0.1, 0.15) is 6.42 Å². The highest BCUT2D eigenvalue weighted by Gasteiger charge is 2.36. The molecule has 1 atom stereocenters. The Bertz CT molecular complexity index is 257. The third-order valence-corrected chi connectivity index (χ3v) is 2.63. The summed E-state index contributed by atoms with van der Waals surface area (Å²) in [6, 6.07) is -0.311. The summed E-state index contributed by atoms with van der Waals surface area (Å²) in [5.41, 5.74) is 5.46. The van der Waals surface area contributed by atoms with Gasteiger partial charge < -0.3 is 15.5 Å². The monoisotopic (exact) mass is 239 g/mol. The van der Waals surface area contributed by atoms with Crippen molar-refractivity contribution in [2.45, 2.75) is 18.6 Å². The number of halogens is 3. The highest BCUT2D eigenvalue weighted by molar-refractivity contribution is 5.77. The summed E-state index contributed by atoms with van der Waals surface area (Å²) >= 11 is 0. The molecule has 1 aliphatic rings. The van der Waals surface area contributed by atoms with Crippen molar-refractivity contribution >= 4 is 5.91 Å². The Morgan fingerprint density at radius 1 is 1.44 bits per heavy atom. The lowest BCUT2D eigenvalue weighted by Crippen LogP contribution is -2.57. The van der Waals surface area contributed by atoms with Crippen molar-refractivity contribution in [3.63, 3.8) is 0 Å². The van der Waals surface area contributed by atoms with E-state index in [2.05, 4.69) is 0 Å². The highest BCUT2D eigenvalue weighted by atomic mass is 19.4.